The highest BCUT2D eigenvalue weighted by Crippen LogP contribution is 2.53. The third kappa shape index (κ3) is 1.60. The molecule has 0 heterocycles. The summed E-state index contributed by atoms with van der Waals surface area (Å²) in [6.45, 7) is 1.85. The average molecular weight is 276 g/mol. The maximum atomic E-state index is 9.75. The van der Waals surface area contributed by atoms with Gasteiger partial charge in [0.2, 0.25) is 0 Å². The van der Waals surface area contributed by atoms with Crippen LogP contribution in [0.2, 0.25) is 5.02 Å². The molecule has 0 amide bonds. The van der Waals surface area contributed by atoms with Gasteiger partial charge >= 0.3 is 0 Å². The summed E-state index contributed by atoms with van der Waals surface area (Å²) >= 11 is 9.46. The maximum absolute atomic E-state index is 9.75. The average Bonchev–Trinajstić information content (AvgIpc) is 2.90. The van der Waals surface area contributed by atoms with Crippen LogP contribution in [-0.2, 0) is 5.41 Å². The van der Waals surface area contributed by atoms with Gasteiger partial charge < -0.3 is 5.11 Å². The standard InChI is InChI=1S/C11H12BrClO/c1-7(14)11(4-5-11)9-6-8(13)2-3-10(9)12/h2-3,6-7,14H,4-5H2,1H3. The fourth-order valence-corrected chi connectivity index (χ4v) is 2.74. The zero-order chi connectivity index (χ0) is 10.3. The number of aliphatic hydroxyl groups excluding tert-OH is 1. The first-order valence-electron chi connectivity index (χ1n) is 4.70. The van der Waals surface area contributed by atoms with Crippen molar-refractivity contribution in [2.75, 3.05) is 0 Å². The molecule has 1 aromatic carbocycles. The summed E-state index contributed by atoms with van der Waals surface area (Å²) in [6.07, 6.45) is 1.78. The highest BCUT2D eigenvalue weighted by atomic mass is 79.9. The van der Waals surface area contributed by atoms with Gasteiger partial charge in [0.25, 0.3) is 0 Å². The quantitative estimate of drug-likeness (QED) is 0.876. The van der Waals surface area contributed by atoms with Crippen molar-refractivity contribution in [3.63, 3.8) is 0 Å². The van der Waals surface area contributed by atoms with Crippen LogP contribution in [0.25, 0.3) is 0 Å². The second-order valence-corrected chi connectivity index (χ2v) is 5.25. The number of halogens is 2. The van der Waals surface area contributed by atoms with Gasteiger partial charge in [0.1, 0.15) is 0 Å². The summed E-state index contributed by atoms with van der Waals surface area (Å²) in [5.74, 6) is 0. The Hall–Kier alpha value is -0.0500. The second-order valence-electron chi connectivity index (χ2n) is 3.96. The van der Waals surface area contributed by atoms with Crippen molar-refractivity contribution in [3.8, 4) is 0 Å². The largest absolute Gasteiger partial charge is 0.392 e. The summed E-state index contributed by atoms with van der Waals surface area (Å²) in [4.78, 5) is 0. The van der Waals surface area contributed by atoms with E-state index in [9.17, 15) is 5.11 Å². The van der Waals surface area contributed by atoms with Crippen LogP contribution in [-0.4, -0.2) is 11.2 Å². The SMILES string of the molecule is CC(O)C1(c2cc(Cl)ccc2Br)CC1. The van der Waals surface area contributed by atoms with Crippen molar-refractivity contribution in [1.29, 1.82) is 0 Å². The van der Waals surface area contributed by atoms with Gasteiger partial charge in [-0.2, -0.15) is 0 Å². The fraction of sp³-hybridized carbons (Fsp3) is 0.455. The molecule has 1 nitrogen and oxygen atoms in total. The Balaban J connectivity index is 2.46. The van der Waals surface area contributed by atoms with E-state index in [1.165, 1.54) is 0 Å². The smallest absolute Gasteiger partial charge is 0.0609 e. The van der Waals surface area contributed by atoms with E-state index in [2.05, 4.69) is 15.9 Å². The molecule has 3 heteroatoms. The van der Waals surface area contributed by atoms with E-state index in [0.29, 0.717) is 0 Å². The van der Waals surface area contributed by atoms with Gasteiger partial charge in [-0.3, -0.25) is 0 Å². The first-order chi connectivity index (χ1) is 6.56. The molecule has 0 aromatic heterocycles. The number of benzene rings is 1. The topological polar surface area (TPSA) is 20.2 Å². The molecule has 0 saturated heterocycles. The van der Waals surface area contributed by atoms with E-state index in [0.717, 1.165) is 27.9 Å². The molecule has 2 rings (SSSR count). The Bertz CT molecular complexity index is 358. The molecule has 0 bridgehead atoms. The highest BCUT2D eigenvalue weighted by molar-refractivity contribution is 9.10. The van der Waals surface area contributed by atoms with Crippen LogP contribution in [0, 0.1) is 0 Å². The van der Waals surface area contributed by atoms with Gasteiger partial charge in [0.15, 0.2) is 0 Å². The van der Waals surface area contributed by atoms with Gasteiger partial charge in [-0.1, -0.05) is 27.5 Å². The third-order valence-electron chi connectivity index (χ3n) is 3.05. The molecule has 0 spiro atoms. The molecule has 1 atom stereocenters. The Morgan fingerprint density at radius 3 is 2.64 bits per heavy atom. The van der Waals surface area contributed by atoms with Crippen molar-refractivity contribution in [3.05, 3.63) is 33.3 Å². The Morgan fingerprint density at radius 2 is 2.14 bits per heavy atom. The van der Waals surface area contributed by atoms with E-state index in [-0.39, 0.29) is 11.5 Å². The molecule has 1 unspecified atom stereocenters. The van der Waals surface area contributed by atoms with Gasteiger partial charge in [-0.25, -0.2) is 0 Å². The first kappa shape index (κ1) is 10.5. The number of hydrogen-bond donors (Lipinski definition) is 1. The molecule has 1 N–H and O–H groups in total. The van der Waals surface area contributed by atoms with Crippen LogP contribution in [0.1, 0.15) is 25.3 Å². The molecule has 1 aliphatic carbocycles. The van der Waals surface area contributed by atoms with Gasteiger partial charge in [0.05, 0.1) is 6.10 Å². The minimum atomic E-state index is -0.308. The van der Waals surface area contributed by atoms with Crippen LogP contribution < -0.4 is 0 Å². The molecule has 1 fully saturated rings. The predicted molar refractivity (Wildman–Crippen MR) is 61.7 cm³/mol. The molecule has 0 aliphatic heterocycles. The van der Waals surface area contributed by atoms with Crippen LogP contribution in [0.3, 0.4) is 0 Å². The lowest BCUT2D eigenvalue weighted by atomic mass is 9.91. The van der Waals surface area contributed by atoms with Crippen LogP contribution in [0.4, 0.5) is 0 Å². The third-order valence-corrected chi connectivity index (χ3v) is 3.98. The van der Waals surface area contributed by atoms with Crippen molar-refractivity contribution in [2.45, 2.75) is 31.3 Å². The molecule has 14 heavy (non-hydrogen) atoms. The van der Waals surface area contributed by atoms with Crippen molar-refractivity contribution in [1.82, 2.24) is 0 Å². The predicted octanol–water partition coefficient (Wildman–Crippen LogP) is 3.51. The van der Waals surface area contributed by atoms with E-state index < -0.39 is 0 Å². The number of hydrogen-bond acceptors (Lipinski definition) is 1. The molecule has 1 aromatic rings. The monoisotopic (exact) mass is 274 g/mol. The zero-order valence-corrected chi connectivity index (χ0v) is 10.3. The van der Waals surface area contributed by atoms with E-state index in [1.54, 1.807) is 0 Å². The van der Waals surface area contributed by atoms with Crippen LogP contribution in [0.15, 0.2) is 22.7 Å². The second kappa shape index (κ2) is 3.51. The van der Waals surface area contributed by atoms with Gasteiger partial charge in [-0.05, 0) is 43.5 Å². The molecule has 76 valence electrons. The summed E-state index contributed by atoms with van der Waals surface area (Å²) in [5.41, 5.74) is 1.09. The minimum Gasteiger partial charge on any atom is -0.392 e. The number of rotatable bonds is 2. The zero-order valence-electron chi connectivity index (χ0n) is 7.93. The normalized spacial score (nSPS) is 20.6. The lowest BCUT2D eigenvalue weighted by molar-refractivity contribution is 0.150. The molecule has 1 aliphatic rings. The molecular formula is C11H12BrClO. The lowest BCUT2D eigenvalue weighted by Gasteiger charge is -2.20. The van der Waals surface area contributed by atoms with Crippen molar-refractivity contribution >= 4 is 27.5 Å². The van der Waals surface area contributed by atoms with Crippen molar-refractivity contribution in [2.24, 2.45) is 0 Å². The fourth-order valence-electron chi connectivity index (χ4n) is 1.93. The summed E-state index contributed by atoms with van der Waals surface area (Å²) < 4.78 is 1.04. The molecule has 1 saturated carbocycles. The summed E-state index contributed by atoms with van der Waals surface area (Å²) in [5, 5.41) is 10.5. The molecular weight excluding hydrogens is 263 g/mol. The summed E-state index contributed by atoms with van der Waals surface area (Å²) in [7, 11) is 0. The number of aliphatic hydroxyl groups is 1. The van der Waals surface area contributed by atoms with Crippen LogP contribution >= 0.6 is 27.5 Å². The Morgan fingerprint density at radius 1 is 1.50 bits per heavy atom. The Kier molecular flexibility index (Phi) is 2.63. The minimum absolute atomic E-state index is 0.0519. The van der Waals surface area contributed by atoms with Gasteiger partial charge in [-0.15, -0.1) is 0 Å². The van der Waals surface area contributed by atoms with Crippen LogP contribution in [0.5, 0.6) is 0 Å². The summed E-state index contributed by atoms with van der Waals surface area (Å²) in [6, 6.07) is 5.75. The molecule has 0 radical (unpaired) electrons. The highest BCUT2D eigenvalue weighted by Gasteiger charge is 2.49. The Labute approximate surface area is 97.2 Å². The van der Waals surface area contributed by atoms with Gasteiger partial charge in [0, 0.05) is 14.9 Å². The maximum Gasteiger partial charge on any atom is 0.0609 e. The van der Waals surface area contributed by atoms with Crippen molar-refractivity contribution < 1.29 is 5.11 Å². The van der Waals surface area contributed by atoms with E-state index in [1.807, 2.05) is 25.1 Å². The van der Waals surface area contributed by atoms with E-state index >= 15 is 0 Å². The van der Waals surface area contributed by atoms with E-state index in [4.69, 9.17) is 11.6 Å². The lowest BCUT2D eigenvalue weighted by Crippen LogP contribution is -2.22. The first-order valence-corrected chi connectivity index (χ1v) is 5.87.